The van der Waals surface area contributed by atoms with Crippen molar-refractivity contribution >= 4 is 28.7 Å². The molecule has 5 N–H and O–H groups in total. The third-order valence-electron chi connectivity index (χ3n) is 11.4. The van der Waals surface area contributed by atoms with Gasteiger partial charge in [0.1, 0.15) is 23.6 Å². The molecule has 10 heterocycles. The molecule has 4 aliphatic heterocycles. The van der Waals surface area contributed by atoms with Crippen LogP contribution >= 0.6 is 0 Å². The zero-order valence-corrected chi connectivity index (χ0v) is 28.9. The Labute approximate surface area is 295 Å². The summed E-state index contributed by atoms with van der Waals surface area (Å²) in [5, 5.41) is 20.6. The maximum Gasteiger partial charge on any atom is 0.154 e. The van der Waals surface area contributed by atoms with Gasteiger partial charge in [-0.3, -0.25) is 4.98 Å². The molecule has 260 valence electrons. The average Bonchev–Trinajstić information content (AvgIpc) is 3.97. The molecule has 14 nitrogen and oxygen atoms in total. The monoisotopic (exact) mass is 682 g/mol. The Hall–Kier alpha value is -5.18. The van der Waals surface area contributed by atoms with Crippen molar-refractivity contribution in [2.45, 2.75) is 20.0 Å². The van der Waals surface area contributed by atoms with Gasteiger partial charge in [0, 0.05) is 75.9 Å². The van der Waals surface area contributed by atoms with Crippen molar-refractivity contribution in [3.05, 3.63) is 78.0 Å². The Morgan fingerprint density at radius 1 is 0.667 bits per heavy atom. The van der Waals surface area contributed by atoms with Gasteiger partial charge < -0.3 is 31.5 Å². The van der Waals surface area contributed by atoms with Gasteiger partial charge in [-0.1, -0.05) is 0 Å². The number of hydrogen-bond acceptors (Lipinski definition) is 12. The molecule has 0 bridgehead atoms. The summed E-state index contributed by atoms with van der Waals surface area (Å²) >= 11 is 0. The molecular formula is C37H42N14. The first-order valence-corrected chi connectivity index (χ1v) is 18.0. The van der Waals surface area contributed by atoms with Crippen LogP contribution < -0.4 is 31.5 Å². The summed E-state index contributed by atoms with van der Waals surface area (Å²) in [7, 11) is 0. The van der Waals surface area contributed by atoms with Gasteiger partial charge in [-0.05, 0) is 86.1 Å². The van der Waals surface area contributed by atoms with Crippen LogP contribution in [0.25, 0.3) is 33.8 Å². The molecular weight excluding hydrogens is 641 g/mol. The lowest BCUT2D eigenvalue weighted by atomic mass is 10.0. The average molecular weight is 683 g/mol. The van der Waals surface area contributed by atoms with Crippen LogP contribution in [0.5, 0.6) is 0 Å². The number of nitrogens with zero attached hydrogens (tertiary/aromatic N) is 10. The van der Waals surface area contributed by atoms with E-state index in [9.17, 15) is 0 Å². The van der Waals surface area contributed by atoms with E-state index >= 15 is 0 Å². The molecule has 6 aromatic rings. The number of nitrogens with one attached hydrogen (secondary N) is 3. The van der Waals surface area contributed by atoms with Gasteiger partial charge >= 0.3 is 0 Å². The summed E-state index contributed by atoms with van der Waals surface area (Å²) in [5.74, 6) is 5.35. The highest BCUT2D eigenvalue weighted by Gasteiger charge is 2.38. The third kappa shape index (κ3) is 5.27. The Kier molecular flexibility index (Phi) is 7.18. The Balaban J connectivity index is 0.912. The number of pyridine rings is 2. The molecule has 0 amide bonds. The standard InChI is InChI=1S/C37H42N14/c1-21-35(50-31(43-21)3-5-33(46-50)48-17-25-13-39-14-26(25)18-48)23-7-9-41-29(11-23)37(38)45-30-12-24(8-10-42-30)36-22(2)44-32-4-6-34(47-51(32)36)49-19-27-15-40-16-28(27)20-49/h3-12,25-28,37,39-40H,13-20,38H2,1-2H3,(H,42,45). The minimum absolute atomic E-state index is 0.606. The number of aryl methyl sites for hydroxylation is 2. The van der Waals surface area contributed by atoms with Gasteiger partial charge in [0.25, 0.3) is 0 Å². The first-order valence-electron chi connectivity index (χ1n) is 18.0. The van der Waals surface area contributed by atoms with Crippen LogP contribution in [0.2, 0.25) is 0 Å². The van der Waals surface area contributed by atoms with E-state index in [1.165, 1.54) is 0 Å². The normalized spacial score (nSPS) is 23.4. The first-order chi connectivity index (χ1) is 24.9. The molecule has 0 aliphatic carbocycles. The maximum atomic E-state index is 6.77. The zero-order valence-electron chi connectivity index (χ0n) is 28.9. The van der Waals surface area contributed by atoms with E-state index in [2.05, 4.69) is 60.0 Å². The molecule has 5 atom stereocenters. The molecule has 0 spiro atoms. The summed E-state index contributed by atoms with van der Waals surface area (Å²) in [6, 6.07) is 16.3. The molecule has 4 fully saturated rings. The van der Waals surface area contributed by atoms with E-state index < -0.39 is 6.17 Å². The van der Waals surface area contributed by atoms with Crippen LogP contribution in [0.3, 0.4) is 0 Å². The summed E-state index contributed by atoms with van der Waals surface area (Å²) < 4.78 is 3.93. The summed E-state index contributed by atoms with van der Waals surface area (Å²) in [6.45, 7) is 12.5. The van der Waals surface area contributed by atoms with Gasteiger partial charge in [0.15, 0.2) is 11.3 Å². The molecule has 51 heavy (non-hydrogen) atoms. The maximum absolute atomic E-state index is 6.77. The van der Waals surface area contributed by atoms with Crippen molar-refractivity contribution in [3.63, 3.8) is 0 Å². The predicted octanol–water partition coefficient (Wildman–Crippen LogP) is 2.89. The predicted molar refractivity (Wildman–Crippen MR) is 197 cm³/mol. The van der Waals surface area contributed by atoms with Crippen molar-refractivity contribution in [1.29, 1.82) is 0 Å². The fourth-order valence-electron chi connectivity index (χ4n) is 8.81. The largest absolute Gasteiger partial charge is 0.355 e. The van der Waals surface area contributed by atoms with Crippen molar-refractivity contribution < 1.29 is 0 Å². The Bertz CT molecular complexity index is 2250. The molecule has 10 rings (SSSR count). The zero-order chi connectivity index (χ0) is 34.2. The highest BCUT2D eigenvalue weighted by molar-refractivity contribution is 5.70. The van der Waals surface area contributed by atoms with Gasteiger partial charge in [0.2, 0.25) is 0 Å². The summed E-state index contributed by atoms with van der Waals surface area (Å²) in [6.07, 6.45) is 2.98. The van der Waals surface area contributed by atoms with Crippen LogP contribution in [-0.2, 0) is 0 Å². The fourth-order valence-corrected chi connectivity index (χ4v) is 8.81. The van der Waals surface area contributed by atoms with Gasteiger partial charge in [-0.2, -0.15) is 0 Å². The Morgan fingerprint density at radius 3 is 1.69 bits per heavy atom. The number of imidazole rings is 2. The van der Waals surface area contributed by atoms with Gasteiger partial charge in [0.05, 0.1) is 28.5 Å². The lowest BCUT2D eigenvalue weighted by Crippen LogP contribution is -2.26. The summed E-state index contributed by atoms with van der Waals surface area (Å²) in [5.41, 5.74) is 14.7. The van der Waals surface area contributed by atoms with E-state index in [-0.39, 0.29) is 0 Å². The number of fused-ring (bicyclic) bond motifs is 4. The number of hydrogen-bond donors (Lipinski definition) is 4. The number of rotatable bonds is 7. The van der Waals surface area contributed by atoms with E-state index in [4.69, 9.17) is 25.9 Å². The van der Waals surface area contributed by atoms with E-state index in [0.29, 0.717) is 35.2 Å². The van der Waals surface area contributed by atoms with Crippen molar-refractivity contribution in [2.75, 3.05) is 67.5 Å². The lowest BCUT2D eigenvalue weighted by molar-refractivity contribution is 0.533. The highest BCUT2D eigenvalue weighted by atomic mass is 15.4. The quantitative estimate of drug-likeness (QED) is 0.183. The van der Waals surface area contributed by atoms with Crippen LogP contribution in [0.4, 0.5) is 17.5 Å². The molecule has 0 radical (unpaired) electrons. The SMILES string of the molecule is Cc1nc2ccc(N3CC4CNCC4C3)nn2c1-c1ccnc(NC(N)c2cc(-c3c(C)nc4ccc(N5CC6CNCC6C5)nn34)ccn2)c1. The van der Waals surface area contributed by atoms with Gasteiger partial charge in [-0.15, -0.1) is 10.2 Å². The molecule has 14 heteroatoms. The minimum atomic E-state index is -0.606. The molecule has 6 aromatic heterocycles. The van der Waals surface area contributed by atoms with Gasteiger partial charge in [-0.25, -0.2) is 24.0 Å². The number of anilines is 3. The molecule has 0 saturated carbocycles. The van der Waals surface area contributed by atoms with E-state index in [1.807, 2.05) is 47.1 Å². The second kappa shape index (κ2) is 12.0. The smallest absolute Gasteiger partial charge is 0.154 e. The Morgan fingerprint density at radius 2 is 1.16 bits per heavy atom. The van der Waals surface area contributed by atoms with Crippen molar-refractivity contribution in [2.24, 2.45) is 29.4 Å². The van der Waals surface area contributed by atoms with Crippen LogP contribution in [0, 0.1) is 37.5 Å². The first kappa shape index (κ1) is 30.6. The lowest BCUT2D eigenvalue weighted by Gasteiger charge is -2.19. The molecule has 5 unspecified atom stereocenters. The topological polar surface area (TPSA) is 155 Å². The van der Waals surface area contributed by atoms with Crippen LogP contribution in [0.1, 0.15) is 23.2 Å². The van der Waals surface area contributed by atoms with Crippen molar-refractivity contribution in [3.8, 4) is 22.5 Å². The molecule has 4 aliphatic rings. The second-order valence-electron chi connectivity index (χ2n) is 14.7. The van der Waals surface area contributed by atoms with E-state index in [1.54, 1.807) is 12.4 Å². The summed E-state index contributed by atoms with van der Waals surface area (Å²) in [4.78, 5) is 23.8. The minimum Gasteiger partial charge on any atom is -0.355 e. The highest BCUT2D eigenvalue weighted by Crippen LogP contribution is 2.33. The van der Waals surface area contributed by atoms with Crippen molar-refractivity contribution in [1.82, 2.24) is 49.8 Å². The molecule has 0 aromatic carbocycles. The van der Waals surface area contributed by atoms with Crippen LogP contribution in [0.15, 0.2) is 60.9 Å². The van der Waals surface area contributed by atoms with Crippen LogP contribution in [-0.4, -0.2) is 91.5 Å². The van der Waals surface area contributed by atoms with E-state index in [0.717, 1.165) is 109 Å². The number of nitrogens with two attached hydrogens (primary N) is 1. The second-order valence-corrected chi connectivity index (χ2v) is 14.7. The number of aromatic nitrogens is 8. The molecule has 4 saturated heterocycles. The fraction of sp³-hybridized carbons (Fsp3) is 0.405. The third-order valence-corrected chi connectivity index (χ3v) is 11.4.